The quantitative estimate of drug-likeness (QED) is 0.851. The summed E-state index contributed by atoms with van der Waals surface area (Å²) >= 11 is 0. The molecule has 0 unspecified atom stereocenters. The standard InChI is InChI=1S/C16H23N3O/c1-16(2)10-14(13-4-9-20-15(13)11-16)18-5-3-7-19-8-6-17-12-19/h4,6,8-9,12,14,18H,3,5,7,10-11H2,1-2H3/t14-/m1/s1. The van der Waals surface area contributed by atoms with Crippen molar-refractivity contribution in [3.05, 3.63) is 42.4 Å². The van der Waals surface area contributed by atoms with E-state index in [0.29, 0.717) is 11.5 Å². The molecular formula is C16H23N3O. The molecule has 0 amide bonds. The molecule has 4 heteroatoms. The predicted octanol–water partition coefficient (Wildman–Crippen LogP) is 3.17. The Morgan fingerprint density at radius 1 is 1.50 bits per heavy atom. The average Bonchev–Trinajstić information content (AvgIpc) is 3.03. The van der Waals surface area contributed by atoms with Crippen LogP contribution in [0.3, 0.4) is 0 Å². The first-order valence-electron chi connectivity index (χ1n) is 7.39. The second kappa shape index (κ2) is 5.44. The molecule has 0 saturated carbocycles. The molecule has 108 valence electrons. The normalized spacial score (nSPS) is 20.8. The molecule has 2 aromatic heterocycles. The van der Waals surface area contributed by atoms with E-state index in [9.17, 15) is 0 Å². The highest BCUT2D eigenvalue weighted by molar-refractivity contribution is 5.26. The first-order chi connectivity index (χ1) is 9.64. The summed E-state index contributed by atoms with van der Waals surface area (Å²) in [5.74, 6) is 1.16. The zero-order valence-electron chi connectivity index (χ0n) is 12.3. The van der Waals surface area contributed by atoms with Gasteiger partial charge in [0, 0.05) is 37.0 Å². The van der Waals surface area contributed by atoms with E-state index in [4.69, 9.17) is 4.42 Å². The van der Waals surface area contributed by atoms with E-state index in [1.54, 1.807) is 0 Å². The van der Waals surface area contributed by atoms with Crippen molar-refractivity contribution in [3.8, 4) is 0 Å². The fourth-order valence-electron chi connectivity index (χ4n) is 3.11. The Labute approximate surface area is 120 Å². The summed E-state index contributed by atoms with van der Waals surface area (Å²) in [7, 11) is 0. The van der Waals surface area contributed by atoms with E-state index < -0.39 is 0 Å². The highest BCUT2D eigenvalue weighted by atomic mass is 16.3. The summed E-state index contributed by atoms with van der Waals surface area (Å²) < 4.78 is 7.76. The maximum Gasteiger partial charge on any atom is 0.109 e. The van der Waals surface area contributed by atoms with Gasteiger partial charge < -0.3 is 14.3 Å². The predicted molar refractivity (Wildman–Crippen MR) is 78.4 cm³/mol. The van der Waals surface area contributed by atoms with Gasteiger partial charge in [-0.25, -0.2) is 4.98 Å². The number of nitrogens with zero attached hydrogens (tertiary/aromatic N) is 2. The van der Waals surface area contributed by atoms with Gasteiger partial charge in [0.2, 0.25) is 0 Å². The number of nitrogens with one attached hydrogen (secondary N) is 1. The minimum absolute atomic E-state index is 0.312. The van der Waals surface area contributed by atoms with Gasteiger partial charge in [0.05, 0.1) is 12.6 Å². The van der Waals surface area contributed by atoms with Crippen LogP contribution in [0.2, 0.25) is 0 Å². The number of hydrogen-bond acceptors (Lipinski definition) is 3. The lowest BCUT2D eigenvalue weighted by molar-refractivity contribution is 0.235. The van der Waals surface area contributed by atoms with Gasteiger partial charge in [-0.15, -0.1) is 0 Å². The number of furan rings is 1. The third-order valence-corrected chi connectivity index (χ3v) is 4.09. The van der Waals surface area contributed by atoms with Crippen molar-refractivity contribution < 1.29 is 4.42 Å². The van der Waals surface area contributed by atoms with Gasteiger partial charge in [-0.05, 0) is 30.9 Å². The number of imidazole rings is 1. The molecule has 2 heterocycles. The van der Waals surface area contributed by atoms with Crippen LogP contribution in [-0.2, 0) is 13.0 Å². The molecule has 1 atom stereocenters. The van der Waals surface area contributed by atoms with Crippen LogP contribution in [0.15, 0.2) is 35.5 Å². The van der Waals surface area contributed by atoms with Crippen LogP contribution in [0.5, 0.6) is 0 Å². The molecule has 0 saturated heterocycles. The third-order valence-electron chi connectivity index (χ3n) is 4.09. The van der Waals surface area contributed by atoms with E-state index in [2.05, 4.69) is 34.8 Å². The first kappa shape index (κ1) is 13.4. The molecule has 0 bridgehead atoms. The lowest BCUT2D eigenvalue weighted by atomic mass is 9.75. The van der Waals surface area contributed by atoms with Crippen molar-refractivity contribution in [2.75, 3.05) is 6.54 Å². The molecule has 4 nitrogen and oxygen atoms in total. The Balaban J connectivity index is 1.55. The topological polar surface area (TPSA) is 43.0 Å². The number of rotatable bonds is 5. The molecule has 20 heavy (non-hydrogen) atoms. The zero-order valence-corrected chi connectivity index (χ0v) is 12.3. The number of aryl methyl sites for hydroxylation is 1. The fourth-order valence-corrected chi connectivity index (χ4v) is 3.11. The first-order valence-corrected chi connectivity index (χ1v) is 7.39. The molecule has 1 aliphatic carbocycles. The Bertz CT molecular complexity index is 542. The molecule has 0 aromatic carbocycles. The van der Waals surface area contributed by atoms with Crippen molar-refractivity contribution in [1.82, 2.24) is 14.9 Å². The van der Waals surface area contributed by atoms with Gasteiger partial charge in [0.1, 0.15) is 5.76 Å². The monoisotopic (exact) mass is 273 g/mol. The maximum atomic E-state index is 5.63. The van der Waals surface area contributed by atoms with E-state index in [0.717, 1.165) is 31.7 Å². The summed E-state index contributed by atoms with van der Waals surface area (Å²) in [4.78, 5) is 4.06. The van der Waals surface area contributed by atoms with Gasteiger partial charge >= 0.3 is 0 Å². The zero-order chi connectivity index (χ0) is 14.0. The molecule has 0 fully saturated rings. The summed E-state index contributed by atoms with van der Waals surface area (Å²) in [5.41, 5.74) is 1.67. The largest absolute Gasteiger partial charge is 0.469 e. The molecule has 1 aliphatic rings. The van der Waals surface area contributed by atoms with Gasteiger partial charge in [0.15, 0.2) is 0 Å². The fraction of sp³-hybridized carbons (Fsp3) is 0.562. The van der Waals surface area contributed by atoms with Crippen LogP contribution in [0.4, 0.5) is 0 Å². The molecule has 0 aliphatic heterocycles. The van der Waals surface area contributed by atoms with E-state index in [1.807, 2.05) is 25.0 Å². The Morgan fingerprint density at radius 2 is 2.40 bits per heavy atom. The second-order valence-corrected chi connectivity index (χ2v) is 6.51. The van der Waals surface area contributed by atoms with Crippen molar-refractivity contribution in [2.24, 2.45) is 5.41 Å². The number of fused-ring (bicyclic) bond motifs is 1. The van der Waals surface area contributed by atoms with Crippen molar-refractivity contribution in [3.63, 3.8) is 0 Å². The lowest BCUT2D eigenvalue weighted by Crippen LogP contribution is -2.33. The summed E-state index contributed by atoms with van der Waals surface area (Å²) in [6, 6.07) is 2.55. The van der Waals surface area contributed by atoms with Crippen molar-refractivity contribution >= 4 is 0 Å². The molecule has 1 N–H and O–H groups in total. The number of hydrogen-bond donors (Lipinski definition) is 1. The highest BCUT2D eigenvalue weighted by Gasteiger charge is 2.33. The van der Waals surface area contributed by atoms with Gasteiger partial charge in [-0.2, -0.15) is 0 Å². The van der Waals surface area contributed by atoms with Gasteiger partial charge in [-0.3, -0.25) is 0 Å². The average molecular weight is 273 g/mol. The van der Waals surface area contributed by atoms with Gasteiger partial charge in [0.25, 0.3) is 0 Å². The molecular weight excluding hydrogens is 250 g/mol. The van der Waals surface area contributed by atoms with Crippen LogP contribution in [0.25, 0.3) is 0 Å². The Kier molecular flexibility index (Phi) is 3.66. The lowest BCUT2D eigenvalue weighted by Gasteiger charge is -2.35. The number of aromatic nitrogens is 2. The van der Waals surface area contributed by atoms with E-state index in [1.165, 1.54) is 12.0 Å². The summed E-state index contributed by atoms with van der Waals surface area (Å²) in [5, 5.41) is 3.69. The van der Waals surface area contributed by atoms with Gasteiger partial charge in [-0.1, -0.05) is 13.8 Å². The van der Waals surface area contributed by atoms with E-state index in [-0.39, 0.29) is 0 Å². The highest BCUT2D eigenvalue weighted by Crippen LogP contribution is 2.41. The second-order valence-electron chi connectivity index (χ2n) is 6.51. The van der Waals surface area contributed by atoms with Crippen LogP contribution >= 0.6 is 0 Å². The SMILES string of the molecule is CC1(C)Cc2occc2[C@H](NCCCn2ccnc2)C1. The van der Waals surface area contributed by atoms with Crippen LogP contribution < -0.4 is 5.32 Å². The summed E-state index contributed by atoms with van der Waals surface area (Å²) in [6.07, 6.45) is 10.9. The smallest absolute Gasteiger partial charge is 0.109 e. The third kappa shape index (κ3) is 2.96. The molecule has 0 radical (unpaired) electrons. The molecule has 2 aromatic rings. The summed E-state index contributed by atoms with van der Waals surface area (Å²) in [6.45, 7) is 6.67. The van der Waals surface area contributed by atoms with Crippen LogP contribution in [0.1, 0.15) is 44.1 Å². The van der Waals surface area contributed by atoms with Crippen molar-refractivity contribution in [1.29, 1.82) is 0 Å². The van der Waals surface area contributed by atoms with Crippen LogP contribution in [0, 0.1) is 5.41 Å². The molecule has 3 rings (SSSR count). The van der Waals surface area contributed by atoms with E-state index >= 15 is 0 Å². The van der Waals surface area contributed by atoms with Crippen molar-refractivity contribution in [2.45, 2.75) is 45.7 Å². The Morgan fingerprint density at radius 3 is 3.20 bits per heavy atom. The maximum absolute atomic E-state index is 5.63. The minimum Gasteiger partial charge on any atom is -0.469 e. The van der Waals surface area contributed by atoms with Crippen LogP contribution in [-0.4, -0.2) is 16.1 Å². The minimum atomic E-state index is 0.312. The molecule has 0 spiro atoms. The Hall–Kier alpha value is -1.55.